The summed E-state index contributed by atoms with van der Waals surface area (Å²) in [5, 5.41) is 7.06. The Hall–Kier alpha value is -4.07. The number of nitrogens with zero attached hydrogens (tertiary/aromatic N) is 4. The molecule has 0 saturated heterocycles. The third-order valence-electron chi connectivity index (χ3n) is 4.53. The Kier molecular flexibility index (Phi) is 5.21. The molecule has 3 aromatic heterocycles. The monoisotopic (exact) mass is 401 g/mol. The summed E-state index contributed by atoms with van der Waals surface area (Å²) < 4.78 is 4.93. The Morgan fingerprint density at radius 2 is 1.97 bits per heavy atom. The second-order valence-electron chi connectivity index (χ2n) is 6.85. The lowest BCUT2D eigenvalue weighted by molar-refractivity contribution is -0.116. The van der Waals surface area contributed by atoms with Crippen LogP contribution in [0.2, 0.25) is 0 Å². The number of benzene rings is 1. The van der Waals surface area contributed by atoms with Gasteiger partial charge in [0.1, 0.15) is 5.76 Å². The van der Waals surface area contributed by atoms with E-state index in [2.05, 4.69) is 20.4 Å². The Morgan fingerprint density at radius 3 is 2.70 bits per heavy atom. The molecule has 150 valence electrons. The number of pyridine rings is 2. The molecule has 1 N–H and O–H groups in total. The predicted molar refractivity (Wildman–Crippen MR) is 112 cm³/mol. The first-order valence-corrected chi connectivity index (χ1v) is 9.30. The van der Waals surface area contributed by atoms with Crippen LogP contribution >= 0.6 is 0 Å². The summed E-state index contributed by atoms with van der Waals surface area (Å²) in [4.78, 5) is 35.7. The second kappa shape index (κ2) is 8.12. The summed E-state index contributed by atoms with van der Waals surface area (Å²) in [5.74, 6) is 0.239. The third-order valence-corrected chi connectivity index (χ3v) is 4.53. The molecule has 0 unspecified atom stereocenters. The highest BCUT2D eigenvalue weighted by Crippen LogP contribution is 2.25. The maximum atomic E-state index is 13.2. The second-order valence-corrected chi connectivity index (χ2v) is 6.85. The van der Waals surface area contributed by atoms with Crippen LogP contribution in [-0.2, 0) is 4.79 Å². The Labute approximate surface area is 172 Å². The van der Waals surface area contributed by atoms with Gasteiger partial charge in [0.15, 0.2) is 5.82 Å². The number of fused-ring (bicyclic) bond motifs is 1. The molecule has 3 heterocycles. The number of likely N-dealkylation sites (N-methyl/N-ethyl adjacent to an activating group) is 1. The quantitative estimate of drug-likeness (QED) is 0.551. The molecule has 0 aliphatic carbocycles. The van der Waals surface area contributed by atoms with Crippen LogP contribution < -0.4 is 5.32 Å². The Morgan fingerprint density at radius 1 is 1.13 bits per heavy atom. The minimum absolute atomic E-state index is 0.135. The number of para-hydroxylation sites is 1. The van der Waals surface area contributed by atoms with Gasteiger partial charge in [-0.1, -0.05) is 23.4 Å². The van der Waals surface area contributed by atoms with Gasteiger partial charge >= 0.3 is 0 Å². The van der Waals surface area contributed by atoms with E-state index in [0.717, 1.165) is 10.9 Å². The molecule has 0 bridgehead atoms. The van der Waals surface area contributed by atoms with Gasteiger partial charge in [0.25, 0.3) is 5.91 Å². The zero-order valence-corrected chi connectivity index (χ0v) is 16.5. The van der Waals surface area contributed by atoms with Crippen molar-refractivity contribution in [3.05, 3.63) is 72.2 Å². The standard InChI is InChI=1S/C22H19N5O3/c1-14-10-20(26-30-14)25-21(28)13-27(2)22(29)17-11-19(15-6-5-9-23-12-15)24-18-8-4-3-7-16(17)18/h3-12H,13H2,1-2H3,(H,25,26,28). The van der Waals surface area contributed by atoms with Crippen molar-refractivity contribution < 1.29 is 14.1 Å². The normalized spacial score (nSPS) is 10.7. The van der Waals surface area contributed by atoms with Crippen LogP contribution in [0.5, 0.6) is 0 Å². The summed E-state index contributed by atoms with van der Waals surface area (Å²) in [6.45, 7) is 1.59. The molecule has 8 nitrogen and oxygen atoms in total. The average molecular weight is 401 g/mol. The van der Waals surface area contributed by atoms with Gasteiger partial charge < -0.3 is 14.7 Å². The maximum Gasteiger partial charge on any atom is 0.254 e. The fourth-order valence-electron chi connectivity index (χ4n) is 3.12. The number of carbonyl (C=O) groups excluding carboxylic acids is 2. The number of rotatable bonds is 5. The fraction of sp³-hybridized carbons (Fsp3) is 0.136. The molecule has 0 spiro atoms. The van der Waals surface area contributed by atoms with Crippen LogP contribution in [0, 0.1) is 6.92 Å². The first-order chi connectivity index (χ1) is 14.5. The van der Waals surface area contributed by atoms with Crippen molar-refractivity contribution in [1.29, 1.82) is 0 Å². The average Bonchev–Trinajstić information content (AvgIpc) is 3.17. The minimum atomic E-state index is -0.370. The van der Waals surface area contributed by atoms with Crippen LogP contribution in [0.3, 0.4) is 0 Å². The van der Waals surface area contributed by atoms with E-state index in [0.29, 0.717) is 28.4 Å². The maximum absolute atomic E-state index is 13.2. The van der Waals surface area contributed by atoms with Gasteiger partial charge in [0.05, 0.1) is 23.3 Å². The number of aromatic nitrogens is 3. The van der Waals surface area contributed by atoms with Crippen molar-refractivity contribution in [1.82, 2.24) is 20.0 Å². The fourth-order valence-corrected chi connectivity index (χ4v) is 3.12. The van der Waals surface area contributed by atoms with Gasteiger partial charge in [0, 0.05) is 36.5 Å². The molecular weight excluding hydrogens is 382 g/mol. The van der Waals surface area contributed by atoms with Crippen LogP contribution in [-0.4, -0.2) is 45.4 Å². The number of nitrogens with one attached hydrogen (secondary N) is 1. The molecule has 4 rings (SSSR count). The lowest BCUT2D eigenvalue weighted by atomic mass is 10.0. The molecule has 0 saturated carbocycles. The van der Waals surface area contributed by atoms with E-state index in [4.69, 9.17) is 4.52 Å². The van der Waals surface area contributed by atoms with E-state index in [1.807, 2.05) is 36.4 Å². The van der Waals surface area contributed by atoms with Crippen molar-refractivity contribution in [3.8, 4) is 11.3 Å². The van der Waals surface area contributed by atoms with E-state index in [-0.39, 0.29) is 18.4 Å². The summed E-state index contributed by atoms with van der Waals surface area (Å²) in [6, 6.07) is 14.5. The van der Waals surface area contributed by atoms with Gasteiger partial charge in [-0.2, -0.15) is 0 Å². The highest BCUT2D eigenvalue weighted by Gasteiger charge is 2.20. The van der Waals surface area contributed by atoms with Crippen LogP contribution in [0.1, 0.15) is 16.1 Å². The number of hydrogen-bond acceptors (Lipinski definition) is 6. The summed E-state index contributed by atoms with van der Waals surface area (Å²) in [6.07, 6.45) is 3.38. The number of carbonyl (C=O) groups is 2. The van der Waals surface area contributed by atoms with Crippen molar-refractivity contribution in [3.63, 3.8) is 0 Å². The molecule has 0 fully saturated rings. The van der Waals surface area contributed by atoms with Crippen molar-refractivity contribution >= 4 is 28.5 Å². The summed E-state index contributed by atoms with van der Waals surface area (Å²) in [5.41, 5.74) is 2.60. The predicted octanol–water partition coefficient (Wildman–Crippen LogP) is 3.30. The van der Waals surface area contributed by atoms with E-state index >= 15 is 0 Å². The molecular formula is C22H19N5O3. The first-order valence-electron chi connectivity index (χ1n) is 9.30. The molecule has 30 heavy (non-hydrogen) atoms. The molecule has 8 heteroatoms. The van der Waals surface area contributed by atoms with Crippen molar-refractivity contribution in [2.45, 2.75) is 6.92 Å². The topological polar surface area (TPSA) is 101 Å². The Balaban J connectivity index is 1.62. The third kappa shape index (κ3) is 4.02. The lowest BCUT2D eigenvalue weighted by Gasteiger charge is -2.18. The van der Waals surface area contributed by atoms with Gasteiger partial charge in [0.2, 0.25) is 5.91 Å². The van der Waals surface area contributed by atoms with Gasteiger partial charge in [-0.15, -0.1) is 0 Å². The van der Waals surface area contributed by atoms with E-state index in [9.17, 15) is 9.59 Å². The number of aryl methyl sites for hydroxylation is 1. The van der Waals surface area contributed by atoms with Crippen LogP contribution in [0.4, 0.5) is 5.82 Å². The number of amides is 2. The highest BCUT2D eigenvalue weighted by atomic mass is 16.5. The largest absolute Gasteiger partial charge is 0.360 e. The van der Waals surface area contributed by atoms with E-state index in [1.54, 1.807) is 38.5 Å². The Bertz CT molecular complexity index is 1220. The minimum Gasteiger partial charge on any atom is -0.360 e. The smallest absolute Gasteiger partial charge is 0.254 e. The molecule has 0 atom stereocenters. The molecule has 0 aliphatic heterocycles. The van der Waals surface area contributed by atoms with Crippen molar-refractivity contribution in [2.24, 2.45) is 0 Å². The van der Waals surface area contributed by atoms with Crippen LogP contribution in [0.15, 0.2) is 65.4 Å². The van der Waals surface area contributed by atoms with Gasteiger partial charge in [-0.05, 0) is 31.2 Å². The van der Waals surface area contributed by atoms with Crippen molar-refractivity contribution in [2.75, 3.05) is 18.9 Å². The van der Waals surface area contributed by atoms with Gasteiger partial charge in [-0.25, -0.2) is 4.98 Å². The zero-order valence-electron chi connectivity index (χ0n) is 16.5. The first kappa shape index (κ1) is 19.3. The van der Waals surface area contributed by atoms with Gasteiger partial charge in [-0.3, -0.25) is 14.6 Å². The molecule has 0 radical (unpaired) electrons. The lowest BCUT2D eigenvalue weighted by Crippen LogP contribution is -2.35. The summed E-state index contributed by atoms with van der Waals surface area (Å²) in [7, 11) is 1.58. The zero-order chi connectivity index (χ0) is 21.1. The molecule has 1 aromatic carbocycles. The number of hydrogen-bond donors (Lipinski definition) is 1. The van der Waals surface area contributed by atoms with Crippen LogP contribution in [0.25, 0.3) is 22.2 Å². The molecule has 4 aromatic rings. The van der Waals surface area contributed by atoms with E-state index < -0.39 is 0 Å². The van der Waals surface area contributed by atoms with E-state index in [1.165, 1.54) is 4.90 Å². The molecule has 0 aliphatic rings. The SMILES string of the molecule is Cc1cc(NC(=O)CN(C)C(=O)c2cc(-c3cccnc3)nc3ccccc23)no1. The summed E-state index contributed by atoms with van der Waals surface area (Å²) >= 11 is 0. The highest BCUT2D eigenvalue weighted by molar-refractivity contribution is 6.08. The molecule has 2 amide bonds. The number of anilines is 1.